The third kappa shape index (κ3) is 5.39. The van der Waals surface area contributed by atoms with Gasteiger partial charge in [-0.25, -0.2) is 0 Å². The molecular weight excluding hydrogens is 144 g/mol. The number of carboxylic acids is 1. The zero-order valence-electron chi connectivity index (χ0n) is 6.92. The van der Waals surface area contributed by atoms with Crippen molar-refractivity contribution >= 4 is 11.8 Å². The van der Waals surface area contributed by atoms with Crippen LogP contribution in [-0.2, 0) is 4.79 Å². The van der Waals surface area contributed by atoms with Crippen LogP contribution in [0, 0.1) is 0 Å². The lowest BCUT2D eigenvalue weighted by atomic mass is 10.4. The molecule has 4 heteroatoms. The molecule has 0 spiro atoms. The normalized spacial score (nSPS) is 11.3. The summed E-state index contributed by atoms with van der Waals surface area (Å²) in [5, 5.41) is 11.3. The third-order valence-electron chi connectivity index (χ3n) is 1.05. The second kappa shape index (κ2) is 5.70. The minimum Gasteiger partial charge on any atom is -0.481 e. The second-order valence-electron chi connectivity index (χ2n) is 2.02. The number of hydrogen-bond acceptors (Lipinski definition) is 2. The van der Waals surface area contributed by atoms with Crippen LogP contribution in [0.25, 0.3) is 0 Å². The van der Waals surface area contributed by atoms with Crippen LogP contribution in [0.2, 0.25) is 0 Å². The molecule has 2 N–H and O–H groups in total. The molecule has 0 aromatic rings. The molecule has 0 radical (unpaired) electrons. The molecule has 0 aliphatic heterocycles. The third-order valence-corrected chi connectivity index (χ3v) is 1.05. The van der Waals surface area contributed by atoms with E-state index in [-0.39, 0.29) is 6.42 Å². The largest absolute Gasteiger partial charge is 0.481 e. The lowest BCUT2D eigenvalue weighted by molar-refractivity contribution is -0.135. The van der Waals surface area contributed by atoms with E-state index >= 15 is 0 Å². The molecule has 0 unspecified atom stereocenters. The van der Waals surface area contributed by atoms with Crippen molar-refractivity contribution in [3.63, 3.8) is 0 Å². The van der Waals surface area contributed by atoms with E-state index in [1.54, 1.807) is 0 Å². The number of nitrogens with zero attached hydrogens (tertiary/aromatic N) is 1. The fraction of sp³-hybridized carbons (Fsp3) is 0.714. The van der Waals surface area contributed by atoms with Gasteiger partial charge in [0.15, 0.2) is 0 Å². The summed E-state index contributed by atoms with van der Waals surface area (Å²) in [4.78, 5) is 14.2. The summed E-state index contributed by atoms with van der Waals surface area (Å²) in [5.41, 5.74) is 0. The predicted octanol–water partition coefficient (Wildman–Crippen LogP) is 0.489. The van der Waals surface area contributed by atoms with Crippen LogP contribution in [0.15, 0.2) is 4.99 Å². The van der Waals surface area contributed by atoms with E-state index in [0.29, 0.717) is 18.9 Å². The van der Waals surface area contributed by atoms with Gasteiger partial charge in [-0.1, -0.05) is 0 Å². The highest BCUT2D eigenvalue weighted by molar-refractivity contribution is 5.96. The standard InChI is InChI=1S/C7H14N2O2/c1-3-8-6(9-4-2)5-7(10)11/h3-5H2,1-2H3,(H,8,9)(H,10,11). The van der Waals surface area contributed by atoms with Gasteiger partial charge in [-0.3, -0.25) is 9.79 Å². The van der Waals surface area contributed by atoms with Gasteiger partial charge < -0.3 is 10.4 Å². The molecule has 0 heterocycles. The monoisotopic (exact) mass is 158 g/mol. The summed E-state index contributed by atoms with van der Waals surface area (Å²) in [5.74, 6) is -0.291. The topological polar surface area (TPSA) is 61.7 Å². The summed E-state index contributed by atoms with van der Waals surface area (Å²) in [6.45, 7) is 5.12. The van der Waals surface area contributed by atoms with Gasteiger partial charge in [0.25, 0.3) is 0 Å². The first-order valence-electron chi connectivity index (χ1n) is 3.69. The zero-order valence-corrected chi connectivity index (χ0v) is 6.92. The maximum absolute atomic E-state index is 10.2. The van der Waals surface area contributed by atoms with Crippen molar-refractivity contribution in [2.75, 3.05) is 13.1 Å². The summed E-state index contributed by atoms with van der Waals surface area (Å²) >= 11 is 0. The minimum absolute atomic E-state index is 0.0122. The fourth-order valence-corrected chi connectivity index (χ4v) is 0.712. The molecule has 0 rings (SSSR count). The van der Waals surface area contributed by atoms with Gasteiger partial charge in [0.1, 0.15) is 12.3 Å². The Morgan fingerprint density at radius 1 is 1.55 bits per heavy atom. The maximum Gasteiger partial charge on any atom is 0.310 e. The lowest BCUT2D eigenvalue weighted by Crippen LogP contribution is -2.25. The number of carbonyl (C=O) groups is 1. The van der Waals surface area contributed by atoms with Crippen LogP contribution in [-0.4, -0.2) is 30.0 Å². The van der Waals surface area contributed by atoms with Crippen molar-refractivity contribution in [3.05, 3.63) is 0 Å². The van der Waals surface area contributed by atoms with Gasteiger partial charge in [-0.15, -0.1) is 0 Å². The van der Waals surface area contributed by atoms with E-state index in [2.05, 4.69) is 10.3 Å². The van der Waals surface area contributed by atoms with Crippen molar-refractivity contribution < 1.29 is 9.90 Å². The average molecular weight is 158 g/mol. The molecule has 0 fully saturated rings. The van der Waals surface area contributed by atoms with Gasteiger partial charge in [0.2, 0.25) is 0 Å². The highest BCUT2D eigenvalue weighted by Crippen LogP contribution is 1.83. The van der Waals surface area contributed by atoms with E-state index in [1.165, 1.54) is 0 Å². The summed E-state index contributed by atoms with van der Waals surface area (Å²) in [6, 6.07) is 0. The Morgan fingerprint density at radius 2 is 2.18 bits per heavy atom. The summed E-state index contributed by atoms with van der Waals surface area (Å²) in [6.07, 6.45) is -0.0122. The Morgan fingerprint density at radius 3 is 2.55 bits per heavy atom. The first-order valence-corrected chi connectivity index (χ1v) is 3.69. The highest BCUT2D eigenvalue weighted by atomic mass is 16.4. The number of nitrogens with one attached hydrogen (secondary N) is 1. The zero-order chi connectivity index (χ0) is 8.69. The average Bonchev–Trinajstić information content (AvgIpc) is 1.87. The molecule has 0 saturated carbocycles. The van der Waals surface area contributed by atoms with Crippen LogP contribution in [0.4, 0.5) is 0 Å². The van der Waals surface area contributed by atoms with E-state index < -0.39 is 5.97 Å². The number of amidine groups is 1. The number of aliphatic imine (C=N–C) groups is 1. The molecule has 11 heavy (non-hydrogen) atoms. The number of aliphatic carboxylic acids is 1. The van der Waals surface area contributed by atoms with Crippen LogP contribution >= 0.6 is 0 Å². The van der Waals surface area contributed by atoms with Crippen LogP contribution < -0.4 is 5.32 Å². The molecule has 64 valence electrons. The van der Waals surface area contributed by atoms with Crippen molar-refractivity contribution in [3.8, 4) is 0 Å². The van der Waals surface area contributed by atoms with Gasteiger partial charge in [-0.05, 0) is 13.8 Å². The van der Waals surface area contributed by atoms with Crippen molar-refractivity contribution in [2.24, 2.45) is 4.99 Å². The first-order chi connectivity index (χ1) is 5.20. The van der Waals surface area contributed by atoms with Crippen LogP contribution in [0.5, 0.6) is 0 Å². The number of carboxylic acid groups (broad SMARTS) is 1. The molecule has 0 saturated heterocycles. The Kier molecular flexibility index (Phi) is 5.15. The van der Waals surface area contributed by atoms with Gasteiger partial charge in [0, 0.05) is 13.1 Å². The van der Waals surface area contributed by atoms with E-state index in [4.69, 9.17) is 5.11 Å². The van der Waals surface area contributed by atoms with Crippen molar-refractivity contribution in [2.45, 2.75) is 20.3 Å². The molecular formula is C7H14N2O2. The van der Waals surface area contributed by atoms with Crippen molar-refractivity contribution in [1.82, 2.24) is 5.32 Å². The minimum atomic E-state index is -0.849. The SMILES string of the molecule is CCN=C(CC(=O)O)NCC. The molecule has 0 aliphatic carbocycles. The maximum atomic E-state index is 10.2. The lowest BCUT2D eigenvalue weighted by Gasteiger charge is -2.03. The van der Waals surface area contributed by atoms with Crippen molar-refractivity contribution in [1.29, 1.82) is 0 Å². The van der Waals surface area contributed by atoms with E-state index in [1.807, 2.05) is 13.8 Å². The van der Waals surface area contributed by atoms with Gasteiger partial charge in [0.05, 0.1) is 0 Å². The first kappa shape index (κ1) is 9.94. The quantitative estimate of drug-likeness (QED) is 0.462. The number of rotatable bonds is 4. The van der Waals surface area contributed by atoms with Gasteiger partial charge >= 0.3 is 5.97 Å². The molecule has 0 aromatic carbocycles. The van der Waals surface area contributed by atoms with Gasteiger partial charge in [-0.2, -0.15) is 0 Å². The Bertz CT molecular complexity index is 155. The summed E-state index contributed by atoms with van der Waals surface area (Å²) in [7, 11) is 0. The summed E-state index contributed by atoms with van der Waals surface area (Å²) < 4.78 is 0. The van der Waals surface area contributed by atoms with E-state index in [9.17, 15) is 4.79 Å². The molecule has 0 bridgehead atoms. The molecule has 0 atom stereocenters. The Hall–Kier alpha value is -1.06. The number of hydrogen-bond donors (Lipinski definition) is 2. The van der Waals surface area contributed by atoms with E-state index in [0.717, 1.165) is 0 Å². The molecule has 0 aliphatic rings. The molecule has 4 nitrogen and oxygen atoms in total. The Balaban J connectivity index is 3.89. The second-order valence-corrected chi connectivity index (χ2v) is 2.02. The van der Waals surface area contributed by atoms with Crippen LogP contribution in [0.1, 0.15) is 20.3 Å². The Labute approximate surface area is 66.3 Å². The smallest absolute Gasteiger partial charge is 0.310 e. The highest BCUT2D eigenvalue weighted by Gasteiger charge is 2.02. The molecule has 0 aromatic heterocycles. The van der Waals surface area contributed by atoms with Crippen LogP contribution in [0.3, 0.4) is 0 Å². The fourth-order valence-electron chi connectivity index (χ4n) is 0.712. The predicted molar refractivity (Wildman–Crippen MR) is 43.9 cm³/mol. The molecule has 0 amide bonds.